The first kappa shape index (κ1) is 18.9. The smallest absolute Gasteiger partial charge is 0.281 e. The molecule has 0 aliphatic rings. The van der Waals surface area contributed by atoms with Gasteiger partial charge in [-0.15, -0.1) is 5.11 Å². The molecule has 2 rings (SSSR count). The third kappa shape index (κ3) is 3.99. The minimum absolute atomic E-state index is 0.0428. The molecule has 1 N–H and O–H groups in total. The Morgan fingerprint density at radius 2 is 2.04 bits per heavy atom. The highest BCUT2D eigenvalue weighted by Crippen LogP contribution is 2.29. The van der Waals surface area contributed by atoms with Crippen molar-refractivity contribution in [2.45, 2.75) is 13.5 Å². The molecule has 0 amide bonds. The van der Waals surface area contributed by atoms with Gasteiger partial charge in [-0.2, -0.15) is 10.4 Å². The number of aromatic nitrogens is 1. The van der Waals surface area contributed by atoms with Crippen LogP contribution in [0.4, 0.5) is 11.4 Å². The number of nitrogens with zero attached hydrogens (tertiary/aromatic N) is 4. The first-order valence-electron chi connectivity index (χ1n) is 7.12. The third-order valence-corrected chi connectivity index (χ3v) is 4.20. The quantitative estimate of drug-likeness (QED) is 0.788. The van der Waals surface area contributed by atoms with Gasteiger partial charge in [-0.1, -0.05) is 23.2 Å². The minimum atomic E-state index is -0.574. The van der Waals surface area contributed by atoms with E-state index in [9.17, 15) is 15.2 Å². The van der Waals surface area contributed by atoms with E-state index in [0.29, 0.717) is 15.7 Å². The average molecular weight is 381 g/mol. The highest BCUT2D eigenvalue weighted by molar-refractivity contribution is 6.42. The Balaban J connectivity index is 2.56. The molecule has 1 heterocycles. The van der Waals surface area contributed by atoms with E-state index in [-0.39, 0.29) is 30.0 Å². The van der Waals surface area contributed by atoms with Crippen LogP contribution in [0.2, 0.25) is 10.0 Å². The molecule has 0 aliphatic carbocycles. The first-order valence-corrected chi connectivity index (χ1v) is 7.88. The predicted molar refractivity (Wildman–Crippen MR) is 94.3 cm³/mol. The van der Waals surface area contributed by atoms with Gasteiger partial charge in [0, 0.05) is 12.7 Å². The zero-order valence-electron chi connectivity index (χ0n) is 13.5. The molecule has 7 nitrogen and oxygen atoms in total. The Hall–Kier alpha value is -2.40. The Morgan fingerprint density at radius 3 is 2.64 bits per heavy atom. The fourth-order valence-corrected chi connectivity index (χ4v) is 2.39. The second kappa shape index (κ2) is 8.12. The largest absolute Gasteiger partial charge is 0.493 e. The van der Waals surface area contributed by atoms with Crippen LogP contribution in [0, 0.1) is 18.3 Å². The number of benzene rings is 1. The van der Waals surface area contributed by atoms with Crippen molar-refractivity contribution in [2.24, 2.45) is 10.2 Å². The van der Waals surface area contributed by atoms with Crippen LogP contribution >= 0.6 is 23.2 Å². The van der Waals surface area contributed by atoms with Gasteiger partial charge in [0.2, 0.25) is 5.88 Å². The molecule has 0 radical (unpaired) electrons. The molecule has 0 spiro atoms. The van der Waals surface area contributed by atoms with Gasteiger partial charge in [0.25, 0.3) is 5.56 Å². The Labute approximate surface area is 153 Å². The Bertz CT molecular complexity index is 932. The molecule has 0 atom stereocenters. The highest BCUT2D eigenvalue weighted by atomic mass is 35.5. The van der Waals surface area contributed by atoms with E-state index >= 15 is 0 Å². The number of aromatic hydroxyl groups is 1. The molecule has 2 aromatic rings. The lowest BCUT2D eigenvalue weighted by Gasteiger charge is -2.12. The molecular weight excluding hydrogens is 367 g/mol. The van der Waals surface area contributed by atoms with Gasteiger partial charge in [0.15, 0.2) is 5.69 Å². The van der Waals surface area contributed by atoms with E-state index in [2.05, 4.69) is 10.2 Å². The monoisotopic (exact) mass is 380 g/mol. The summed E-state index contributed by atoms with van der Waals surface area (Å²) in [7, 11) is 1.46. The number of nitriles is 1. The number of azo groups is 1. The van der Waals surface area contributed by atoms with Crippen LogP contribution in [0.5, 0.6) is 5.88 Å². The van der Waals surface area contributed by atoms with E-state index < -0.39 is 11.4 Å². The normalized spacial score (nSPS) is 11.0. The van der Waals surface area contributed by atoms with Gasteiger partial charge in [0.1, 0.15) is 11.6 Å². The van der Waals surface area contributed by atoms with Crippen molar-refractivity contribution in [1.29, 1.82) is 5.26 Å². The predicted octanol–water partition coefficient (Wildman–Crippen LogP) is 4.10. The van der Waals surface area contributed by atoms with E-state index in [4.69, 9.17) is 27.9 Å². The summed E-state index contributed by atoms with van der Waals surface area (Å²) in [6.45, 7) is 1.78. The topological polar surface area (TPSA) is 100.0 Å². The van der Waals surface area contributed by atoms with Crippen LogP contribution in [0.1, 0.15) is 11.1 Å². The summed E-state index contributed by atoms with van der Waals surface area (Å²) < 4.78 is 5.94. The van der Waals surface area contributed by atoms with Gasteiger partial charge >= 0.3 is 0 Å². The summed E-state index contributed by atoms with van der Waals surface area (Å²) in [4.78, 5) is 12.6. The van der Waals surface area contributed by atoms with Gasteiger partial charge in [0.05, 0.1) is 28.9 Å². The molecule has 0 bridgehead atoms. The van der Waals surface area contributed by atoms with Crippen molar-refractivity contribution >= 4 is 34.6 Å². The summed E-state index contributed by atoms with van der Waals surface area (Å²) >= 11 is 11.8. The zero-order chi connectivity index (χ0) is 18.6. The second-order valence-corrected chi connectivity index (χ2v) is 5.85. The van der Waals surface area contributed by atoms with E-state index in [1.165, 1.54) is 20.1 Å². The molecule has 130 valence electrons. The number of rotatable bonds is 5. The van der Waals surface area contributed by atoms with Crippen LogP contribution < -0.4 is 5.56 Å². The summed E-state index contributed by atoms with van der Waals surface area (Å²) in [6.07, 6.45) is 0. The molecule has 0 saturated heterocycles. The maximum Gasteiger partial charge on any atom is 0.281 e. The molecular formula is C16H14Cl2N4O3. The second-order valence-electron chi connectivity index (χ2n) is 5.03. The molecule has 0 unspecified atom stereocenters. The van der Waals surface area contributed by atoms with Crippen molar-refractivity contribution in [1.82, 2.24) is 4.57 Å². The lowest BCUT2D eigenvalue weighted by molar-refractivity contribution is 0.182. The number of ether oxygens (including phenoxy) is 1. The first-order chi connectivity index (χ1) is 11.9. The summed E-state index contributed by atoms with van der Waals surface area (Å²) in [5, 5.41) is 28.0. The van der Waals surface area contributed by atoms with Crippen molar-refractivity contribution < 1.29 is 9.84 Å². The van der Waals surface area contributed by atoms with Crippen molar-refractivity contribution in [2.75, 3.05) is 13.7 Å². The molecule has 0 fully saturated rings. The zero-order valence-corrected chi connectivity index (χ0v) is 15.0. The highest BCUT2D eigenvalue weighted by Gasteiger charge is 2.19. The summed E-state index contributed by atoms with van der Waals surface area (Å²) in [5.74, 6) is -0.421. The Kier molecular flexibility index (Phi) is 6.15. The van der Waals surface area contributed by atoms with Crippen LogP contribution in [-0.4, -0.2) is 23.4 Å². The van der Waals surface area contributed by atoms with Gasteiger partial charge in [-0.05, 0) is 25.1 Å². The van der Waals surface area contributed by atoms with Crippen LogP contribution in [0.3, 0.4) is 0 Å². The number of halogens is 2. The molecule has 0 aliphatic heterocycles. The molecule has 9 heteroatoms. The molecule has 1 aromatic heterocycles. The number of hydrogen-bond donors (Lipinski definition) is 1. The number of pyridine rings is 1. The SMILES string of the molecule is COCCn1c(O)c(C#N)c(C)c(N=Nc2ccc(Cl)c(Cl)c2)c1=O. The minimum Gasteiger partial charge on any atom is -0.493 e. The third-order valence-electron chi connectivity index (χ3n) is 3.46. The average Bonchev–Trinajstić information content (AvgIpc) is 2.58. The van der Waals surface area contributed by atoms with Gasteiger partial charge in [-0.25, -0.2) is 0 Å². The van der Waals surface area contributed by atoms with Crippen LogP contribution in [0.15, 0.2) is 33.2 Å². The molecule has 0 saturated carbocycles. The van der Waals surface area contributed by atoms with Crippen molar-refractivity contribution in [3.8, 4) is 11.9 Å². The van der Waals surface area contributed by atoms with E-state index in [1.54, 1.807) is 12.1 Å². The van der Waals surface area contributed by atoms with E-state index in [1.807, 2.05) is 6.07 Å². The van der Waals surface area contributed by atoms with Crippen molar-refractivity contribution in [3.05, 3.63) is 49.7 Å². The fourth-order valence-electron chi connectivity index (χ4n) is 2.10. The standard InChI is InChI=1S/C16H14Cl2N4O3/c1-9-11(8-19)15(23)22(5-6-25-2)16(24)14(9)21-20-10-3-4-12(17)13(18)7-10/h3-4,7,23H,5-6H2,1-2H3. The lowest BCUT2D eigenvalue weighted by Crippen LogP contribution is -2.23. The van der Waals surface area contributed by atoms with Crippen molar-refractivity contribution in [3.63, 3.8) is 0 Å². The maximum absolute atomic E-state index is 12.6. The van der Waals surface area contributed by atoms with Gasteiger partial charge in [-0.3, -0.25) is 9.36 Å². The fraction of sp³-hybridized carbons (Fsp3) is 0.250. The summed E-state index contributed by atoms with van der Waals surface area (Å²) in [6, 6.07) is 6.51. The lowest BCUT2D eigenvalue weighted by atomic mass is 10.1. The molecule has 1 aromatic carbocycles. The maximum atomic E-state index is 12.6. The van der Waals surface area contributed by atoms with Crippen LogP contribution in [0.25, 0.3) is 0 Å². The summed E-state index contributed by atoms with van der Waals surface area (Å²) in [5.41, 5.74) is -0.0316. The number of methoxy groups -OCH3 is 1. The van der Waals surface area contributed by atoms with Crippen LogP contribution in [-0.2, 0) is 11.3 Å². The number of hydrogen-bond acceptors (Lipinski definition) is 6. The molecule has 25 heavy (non-hydrogen) atoms. The van der Waals surface area contributed by atoms with Gasteiger partial charge < -0.3 is 9.84 Å². The van der Waals surface area contributed by atoms with E-state index in [0.717, 1.165) is 4.57 Å². The Morgan fingerprint density at radius 1 is 1.32 bits per heavy atom.